The van der Waals surface area contributed by atoms with Gasteiger partial charge in [-0.1, -0.05) is 46.5 Å². The molecule has 0 amide bonds. The fourth-order valence-electron chi connectivity index (χ4n) is 2.53. The Bertz CT molecular complexity index is 302. The monoisotopic (exact) mass is 252 g/mol. The molecule has 0 aromatic carbocycles. The third-order valence-corrected chi connectivity index (χ3v) is 3.97. The molecule has 3 nitrogen and oxygen atoms in total. The number of hydrogen-bond acceptors (Lipinski definition) is 3. The zero-order chi connectivity index (χ0) is 13.6. The number of amidine groups is 1. The largest absolute Gasteiger partial charge is 0.355 e. The Hall–Kier alpha value is -0.860. The molecule has 0 aromatic heterocycles. The summed E-state index contributed by atoms with van der Waals surface area (Å²) in [6, 6.07) is 0. The number of aliphatic imine (C=N–C) groups is 1. The molecule has 18 heavy (non-hydrogen) atoms. The minimum Gasteiger partial charge on any atom is -0.355 e. The number of unbranched alkanes of at least 4 members (excludes halogenated alkanes) is 2. The maximum atomic E-state index is 12.7. The summed E-state index contributed by atoms with van der Waals surface area (Å²) < 4.78 is 0. The van der Waals surface area contributed by atoms with Crippen molar-refractivity contribution in [3.05, 3.63) is 0 Å². The molecule has 1 aliphatic rings. The normalized spacial score (nSPS) is 16.0. The van der Waals surface area contributed by atoms with E-state index in [-0.39, 0.29) is 11.2 Å². The first kappa shape index (κ1) is 15.2. The number of ketones is 1. The summed E-state index contributed by atoms with van der Waals surface area (Å²) in [4.78, 5) is 19.1. The molecule has 1 rings (SSSR count). The summed E-state index contributed by atoms with van der Waals surface area (Å²) in [5.74, 6) is 0.981. The summed E-state index contributed by atoms with van der Waals surface area (Å²) in [5.41, 5.74) is -0.205. The summed E-state index contributed by atoms with van der Waals surface area (Å²) in [7, 11) is 1.98. The number of carbonyl (C=O) groups is 1. The number of likely N-dealkylation sites (N-methyl/N-ethyl adjacent to an activating group) is 1. The van der Waals surface area contributed by atoms with Crippen LogP contribution >= 0.6 is 0 Å². The van der Waals surface area contributed by atoms with E-state index in [2.05, 4.69) is 25.8 Å². The zero-order valence-electron chi connectivity index (χ0n) is 12.5. The van der Waals surface area contributed by atoms with E-state index in [0.29, 0.717) is 5.84 Å². The van der Waals surface area contributed by atoms with Crippen molar-refractivity contribution in [2.24, 2.45) is 10.4 Å². The molecule has 104 valence electrons. The van der Waals surface area contributed by atoms with Crippen molar-refractivity contribution in [1.29, 1.82) is 0 Å². The fourth-order valence-corrected chi connectivity index (χ4v) is 2.53. The quantitative estimate of drug-likeness (QED) is 0.664. The number of rotatable bonds is 8. The van der Waals surface area contributed by atoms with Crippen LogP contribution in [0.2, 0.25) is 0 Å². The van der Waals surface area contributed by atoms with E-state index in [1.165, 1.54) is 0 Å². The Labute approximate surface area is 112 Å². The average molecular weight is 252 g/mol. The van der Waals surface area contributed by atoms with Gasteiger partial charge in [-0.2, -0.15) is 0 Å². The predicted octanol–water partition coefficient (Wildman–Crippen LogP) is 3.29. The molecule has 1 aliphatic heterocycles. The van der Waals surface area contributed by atoms with E-state index in [1.807, 2.05) is 11.9 Å². The van der Waals surface area contributed by atoms with Gasteiger partial charge in [0.25, 0.3) is 0 Å². The standard InChI is InChI=1S/C15H28N2O/c1-5-7-9-15(3,10-8-6-2)13(18)14-16-11-12-17(14)4/h5-12H2,1-4H3. The van der Waals surface area contributed by atoms with Crippen molar-refractivity contribution in [3.63, 3.8) is 0 Å². The van der Waals surface area contributed by atoms with E-state index >= 15 is 0 Å². The number of nitrogens with zero attached hydrogens (tertiary/aromatic N) is 2. The second-order valence-corrected chi connectivity index (χ2v) is 5.72. The first-order valence-electron chi connectivity index (χ1n) is 7.35. The second kappa shape index (κ2) is 6.91. The van der Waals surface area contributed by atoms with Crippen molar-refractivity contribution in [3.8, 4) is 0 Å². The van der Waals surface area contributed by atoms with Crippen LogP contribution in [0.4, 0.5) is 0 Å². The minimum atomic E-state index is -0.205. The van der Waals surface area contributed by atoms with Gasteiger partial charge in [0.1, 0.15) is 0 Å². The highest BCUT2D eigenvalue weighted by Gasteiger charge is 2.37. The van der Waals surface area contributed by atoms with E-state index in [0.717, 1.165) is 51.6 Å². The Morgan fingerprint density at radius 2 is 1.83 bits per heavy atom. The molecule has 0 saturated carbocycles. The van der Waals surface area contributed by atoms with Gasteiger partial charge in [-0.15, -0.1) is 0 Å². The van der Waals surface area contributed by atoms with Crippen LogP contribution in [0, 0.1) is 5.41 Å². The second-order valence-electron chi connectivity index (χ2n) is 5.72. The highest BCUT2D eigenvalue weighted by Crippen LogP contribution is 2.33. The van der Waals surface area contributed by atoms with Crippen LogP contribution in [0.15, 0.2) is 4.99 Å². The molecule has 0 unspecified atom stereocenters. The van der Waals surface area contributed by atoms with Gasteiger partial charge in [0.05, 0.1) is 6.54 Å². The Balaban J connectivity index is 2.77. The van der Waals surface area contributed by atoms with Crippen molar-refractivity contribution in [1.82, 2.24) is 4.90 Å². The number of hydrogen-bond donors (Lipinski definition) is 0. The lowest BCUT2D eigenvalue weighted by atomic mass is 9.76. The van der Waals surface area contributed by atoms with Gasteiger partial charge >= 0.3 is 0 Å². The van der Waals surface area contributed by atoms with Crippen LogP contribution in [0.25, 0.3) is 0 Å². The molecule has 0 spiro atoms. The van der Waals surface area contributed by atoms with Crippen molar-refractivity contribution >= 4 is 11.6 Å². The van der Waals surface area contributed by atoms with Gasteiger partial charge in [0.15, 0.2) is 5.84 Å². The third kappa shape index (κ3) is 3.56. The fraction of sp³-hybridized carbons (Fsp3) is 0.867. The third-order valence-electron chi connectivity index (χ3n) is 3.97. The van der Waals surface area contributed by atoms with Gasteiger partial charge in [-0.05, 0) is 12.8 Å². The molecule has 0 saturated heterocycles. The van der Waals surface area contributed by atoms with Crippen LogP contribution in [0.5, 0.6) is 0 Å². The smallest absolute Gasteiger partial charge is 0.203 e. The molecule has 0 atom stereocenters. The Morgan fingerprint density at radius 3 is 2.22 bits per heavy atom. The summed E-state index contributed by atoms with van der Waals surface area (Å²) in [6.45, 7) is 8.16. The van der Waals surface area contributed by atoms with E-state index in [4.69, 9.17) is 0 Å². The van der Waals surface area contributed by atoms with Crippen LogP contribution in [0.1, 0.15) is 59.3 Å². The molecule has 0 bridgehead atoms. The highest BCUT2D eigenvalue weighted by molar-refractivity contribution is 6.40. The van der Waals surface area contributed by atoms with Gasteiger partial charge in [0.2, 0.25) is 5.78 Å². The van der Waals surface area contributed by atoms with Gasteiger partial charge in [-0.25, -0.2) is 0 Å². The molecule has 0 fully saturated rings. The molecule has 0 aliphatic carbocycles. The lowest BCUT2D eigenvalue weighted by Crippen LogP contribution is -2.40. The molecule has 3 heteroatoms. The molecular formula is C15H28N2O. The van der Waals surface area contributed by atoms with Gasteiger partial charge < -0.3 is 4.90 Å². The SMILES string of the molecule is CCCCC(C)(CCCC)C(=O)C1=NCCN1C. The average Bonchev–Trinajstić information content (AvgIpc) is 2.79. The van der Waals surface area contributed by atoms with Crippen LogP contribution in [0.3, 0.4) is 0 Å². The Morgan fingerprint density at radius 1 is 1.28 bits per heavy atom. The zero-order valence-corrected chi connectivity index (χ0v) is 12.5. The number of carbonyl (C=O) groups excluding carboxylic acids is 1. The molecule has 0 radical (unpaired) electrons. The summed E-state index contributed by atoms with van der Waals surface area (Å²) in [5, 5.41) is 0. The van der Waals surface area contributed by atoms with Crippen molar-refractivity contribution in [2.45, 2.75) is 59.3 Å². The Kier molecular flexibility index (Phi) is 5.83. The first-order valence-corrected chi connectivity index (χ1v) is 7.35. The molecular weight excluding hydrogens is 224 g/mol. The molecule has 0 N–H and O–H groups in total. The van der Waals surface area contributed by atoms with Crippen LogP contribution in [-0.4, -0.2) is 36.7 Å². The van der Waals surface area contributed by atoms with E-state index in [1.54, 1.807) is 0 Å². The molecule has 0 aromatic rings. The maximum Gasteiger partial charge on any atom is 0.203 e. The van der Waals surface area contributed by atoms with E-state index < -0.39 is 0 Å². The predicted molar refractivity (Wildman–Crippen MR) is 77.1 cm³/mol. The van der Waals surface area contributed by atoms with Crippen molar-refractivity contribution in [2.75, 3.05) is 20.1 Å². The van der Waals surface area contributed by atoms with Gasteiger partial charge in [-0.3, -0.25) is 9.79 Å². The highest BCUT2D eigenvalue weighted by atomic mass is 16.1. The van der Waals surface area contributed by atoms with Crippen LogP contribution < -0.4 is 0 Å². The lowest BCUT2D eigenvalue weighted by molar-refractivity contribution is -0.122. The van der Waals surface area contributed by atoms with Crippen LogP contribution in [-0.2, 0) is 4.79 Å². The maximum absolute atomic E-state index is 12.7. The summed E-state index contributed by atoms with van der Waals surface area (Å²) >= 11 is 0. The minimum absolute atomic E-state index is 0.205. The molecule has 1 heterocycles. The van der Waals surface area contributed by atoms with Crippen molar-refractivity contribution < 1.29 is 4.79 Å². The topological polar surface area (TPSA) is 32.7 Å². The summed E-state index contributed by atoms with van der Waals surface area (Å²) in [6.07, 6.45) is 6.55. The lowest BCUT2D eigenvalue weighted by Gasteiger charge is -2.29. The first-order chi connectivity index (χ1) is 8.55. The van der Waals surface area contributed by atoms with E-state index in [9.17, 15) is 4.79 Å². The number of Topliss-reactive ketones (excluding diaryl/α,β-unsaturated/α-hetero) is 1. The van der Waals surface area contributed by atoms with Gasteiger partial charge in [0, 0.05) is 19.0 Å².